The van der Waals surface area contributed by atoms with Crippen molar-refractivity contribution in [1.29, 1.82) is 0 Å². The van der Waals surface area contributed by atoms with Crippen molar-refractivity contribution in [3.05, 3.63) is 52.2 Å². The van der Waals surface area contributed by atoms with Crippen molar-refractivity contribution in [2.75, 3.05) is 13.1 Å². The first-order valence-corrected chi connectivity index (χ1v) is 9.86. The van der Waals surface area contributed by atoms with E-state index in [9.17, 15) is 14.3 Å². The van der Waals surface area contributed by atoms with Gasteiger partial charge in [0.15, 0.2) is 0 Å². The third kappa shape index (κ3) is 3.96. The first-order valence-electron chi connectivity index (χ1n) is 8.98. The SMILES string of the molecule is O=C(NCc1nc2ccc(F)cc2[nH]1)N1CCC([C@H](O)c2cccs2)CC1. The highest BCUT2D eigenvalue weighted by Crippen LogP contribution is 2.32. The van der Waals surface area contributed by atoms with E-state index in [1.807, 2.05) is 17.5 Å². The highest BCUT2D eigenvalue weighted by atomic mass is 32.1. The van der Waals surface area contributed by atoms with E-state index in [4.69, 9.17) is 0 Å². The molecule has 2 aromatic heterocycles. The minimum Gasteiger partial charge on any atom is -0.387 e. The van der Waals surface area contributed by atoms with Gasteiger partial charge >= 0.3 is 6.03 Å². The molecule has 0 saturated carbocycles. The van der Waals surface area contributed by atoms with Crippen molar-refractivity contribution in [2.45, 2.75) is 25.5 Å². The van der Waals surface area contributed by atoms with Crippen molar-refractivity contribution in [1.82, 2.24) is 20.2 Å². The number of thiophene rings is 1. The number of aliphatic hydroxyl groups is 1. The second-order valence-corrected chi connectivity index (χ2v) is 7.77. The minimum absolute atomic E-state index is 0.147. The topological polar surface area (TPSA) is 81.2 Å². The number of fused-ring (bicyclic) bond motifs is 1. The molecule has 1 aliphatic heterocycles. The number of hydrogen-bond acceptors (Lipinski definition) is 4. The molecule has 6 nitrogen and oxygen atoms in total. The molecule has 3 heterocycles. The van der Waals surface area contributed by atoms with Gasteiger partial charge in [0.2, 0.25) is 0 Å². The monoisotopic (exact) mass is 388 g/mol. The van der Waals surface area contributed by atoms with E-state index < -0.39 is 6.10 Å². The summed E-state index contributed by atoms with van der Waals surface area (Å²) in [5.41, 5.74) is 1.28. The van der Waals surface area contributed by atoms with Gasteiger partial charge in [0.05, 0.1) is 23.7 Å². The zero-order chi connectivity index (χ0) is 18.8. The number of carbonyl (C=O) groups excluding carboxylic acids is 1. The van der Waals surface area contributed by atoms with Crippen LogP contribution in [0.2, 0.25) is 0 Å². The summed E-state index contributed by atoms with van der Waals surface area (Å²) < 4.78 is 13.2. The molecule has 1 aromatic carbocycles. The first-order chi connectivity index (χ1) is 13.1. The standard InChI is InChI=1S/C19H21FN4O2S/c20-13-3-4-14-15(10-13)23-17(22-14)11-21-19(26)24-7-5-12(6-8-24)18(25)16-2-1-9-27-16/h1-4,9-10,12,18,25H,5-8,11H2,(H,21,26)(H,22,23)/t18-/m0/s1. The molecule has 2 amide bonds. The molecule has 27 heavy (non-hydrogen) atoms. The fourth-order valence-electron chi connectivity index (χ4n) is 3.50. The fraction of sp³-hybridized carbons (Fsp3) is 0.368. The number of benzene rings is 1. The number of urea groups is 1. The lowest BCUT2D eigenvalue weighted by molar-refractivity contribution is 0.0689. The average molecular weight is 388 g/mol. The summed E-state index contributed by atoms with van der Waals surface area (Å²) in [5.74, 6) is 0.444. The Kier molecular flexibility index (Phi) is 5.09. The number of piperidine rings is 1. The van der Waals surface area contributed by atoms with Crippen molar-refractivity contribution in [2.24, 2.45) is 5.92 Å². The summed E-state index contributed by atoms with van der Waals surface area (Å²) in [6.07, 6.45) is 1.10. The van der Waals surface area contributed by atoms with Crippen molar-refractivity contribution < 1.29 is 14.3 Å². The second-order valence-electron chi connectivity index (χ2n) is 6.79. The fourth-order valence-corrected chi connectivity index (χ4v) is 4.30. The maximum absolute atomic E-state index is 13.2. The van der Waals surface area contributed by atoms with Crippen LogP contribution in [0.15, 0.2) is 35.7 Å². The highest BCUT2D eigenvalue weighted by molar-refractivity contribution is 7.10. The number of aromatic amines is 1. The molecule has 8 heteroatoms. The van der Waals surface area contributed by atoms with E-state index in [0.717, 1.165) is 17.7 Å². The molecule has 3 N–H and O–H groups in total. The van der Waals surface area contributed by atoms with E-state index in [1.165, 1.54) is 12.1 Å². The van der Waals surface area contributed by atoms with Gasteiger partial charge in [-0.2, -0.15) is 0 Å². The Morgan fingerprint density at radius 3 is 2.96 bits per heavy atom. The van der Waals surface area contributed by atoms with Crippen LogP contribution in [0.3, 0.4) is 0 Å². The number of imidazole rings is 1. The quantitative estimate of drug-likeness (QED) is 0.641. The molecule has 0 spiro atoms. The summed E-state index contributed by atoms with van der Waals surface area (Å²) in [6, 6.07) is 8.10. The Morgan fingerprint density at radius 1 is 1.41 bits per heavy atom. The number of nitrogens with zero attached hydrogens (tertiary/aromatic N) is 2. The van der Waals surface area contributed by atoms with Gasteiger partial charge in [0.1, 0.15) is 11.6 Å². The third-order valence-corrected chi connectivity index (χ3v) is 5.95. The Morgan fingerprint density at radius 2 is 2.22 bits per heavy atom. The predicted molar refractivity (Wildman–Crippen MR) is 102 cm³/mol. The Labute approximate surface area is 160 Å². The number of halogens is 1. The molecule has 3 aromatic rings. The lowest BCUT2D eigenvalue weighted by atomic mass is 9.90. The van der Waals surface area contributed by atoms with Gasteiger partial charge in [-0.1, -0.05) is 6.07 Å². The molecule has 1 saturated heterocycles. The normalized spacial score (nSPS) is 16.6. The minimum atomic E-state index is -0.453. The number of nitrogens with one attached hydrogen (secondary N) is 2. The Balaban J connectivity index is 1.29. The molecular formula is C19H21FN4O2S. The number of aromatic nitrogens is 2. The van der Waals surface area contributed by atoms with Crippen LogP contribution in [0.5, 0.6) is 0 Å². The summed E-state index contributed by atoms with van der Waals surface area (Å²) in [4.78, 5) is 22.5. The van der Waals surface area contributed by atoms with Gasteiger partial charge in [-0.25, -0.2) is 14.2 Å². The van der Waals surface area contributed by atoms with E-state index in [0.29, 0.717) is 29.9 Å². The maximum Gasteiger partial charge on any atom is 0.317 e. The average Bonchev–Trinajstić information content (AvgIpc) is 3.35. The summed E-state index contributed by atoms with van der Waals surface area (Å²) in [7, 11) is 0. The lowest BCUT2D eigenvalue weighted by Crippen LogP contribution is -2.45. The Bertz CT molecular complexity index is 919. The zero-order valence-electron chi connectivity index (χ0n) is 14.7. The molecule has 0 bridgehead atoms. The van der Waals surface area contributed by atoms with Crippen LogP contribution in [0.1, 0.15) is 29.6 Å². The number of hydrogen-bond donors (Lipinski definition) is 3. The number of H-pyrrole nitrogens is 1. The van der Waals surface area contributed by atoms with Crippen molar-refractivity contribution in [3.63, 3.8) is 0 Å². The zero-order valence-corrected chi connectivity index (χ0v) is 15.5. The number of likely N-dealkylation sites (tertiary alicyclic amines) is 1. The summed E-state index contributed by atoms with van der Waals surface area (Å²) in [6.45, 7) is 1.49. The van der Waals surface area contributed by atoms with E-state index in [2.05, 4.69) is 15.3 Å². The summed E-state index contributed by atoms with van der Waals surface area (Å²) >= 11 is 1.56. The van der Waals surface area contributed by atoms with E-state index >= 15 is 0 Å². The molecule has 1 fully saturated rings. The summed E-state index contributed by atoms with van der Waals surface area (Å²) in [5, 5.41) is 15.3. The van der Waals surface area contributed by atoms with Gasteiger partial charge in [-0.3, -0.25) is 0 Å². The smallest absolute Gasteiger partial charge is 0.317 e. The van der Waals surface area contributed by atoms with Crippen LogP contribution in [-0.4, -0.2) is 39.1 Å². The van der Waals surface area contributed by atoms with E-state index in [1.54, 1.807) is 22.3 Å². The second kappa shape index (κ2) is 7.66. The van der Waals surface area contributed by atoms with E-state index in [-0.39, 0.29) is 24.3 Å². The first kappa shape index (κ1) is 17.9. The van der Waals surface area contributed by atoms with Crippen LogP contribution in [-0.2, 0) is 6.54 Å². The molecule has 1 aliphatic rings. The van der Waals surface area contributed by atoms with Crippen LogP contribution in [0, 0.1) is 11.7 Å². The van der Waals surface area contributed by atoms with Gasteiger partial charge in [0, 0.05) is 18.0 Å². The molecule has 0 unspecified atom stereocenters. The molecular weight excluding hydrogens is 367 g/mol. The van der Waals surface area contributed by atoms with Crippen LogP contribution in [0.25, 0.3) is 11.0 Å². The predicted octanol–water partition coefficient (Wildman–Crippen LogP) is 3.42. The highest BCUT2D eigenvalue weighted by Gasteiger charge is 2.28. The molecule has 1 atom stereocenters. The number of amides is 2. The van der Waals surface area contributed by atoms with Crippen molar-refractivity contribution in [3.8, 4) is 0 Å². The van der Waals surface area contributed by atoms with Crippen LogP contribution in [0.4, 0.5) is 9.18 Å². The van der Waals surface area contributed by atoms with Crippen LogP contribution >= 0.6 is 11.3 Å². The molecule has 142 valence electrons. The molecule has 4 rings (SSSR count). The number of carbonyl (C=O) groups is 1. The van der Waals surface area contributed by atoms with Gasteiger partial charge in [-0.05, 0) is 48.4 Å². The maximum atomic E-state index is 13.2. The van der Waals surface area contributed by atoms with Crippen LogP contribution < -0.4 is 5.32 Å². The van der Waals surface area contributed by atoms with Gasteiger partial charge in [-0.15, -0.1) is 11.3 Å². The largest absolute Gasteiger partial charge is 0.387 e. The number of aliphatic hydroxyl groups excluding tert-OH is 1. The van der Waals surface area contributed by atoms with Gasteiger partial charge < -0.3 is 20.3 Å². The number of rotatable bonds is 4. The molecule has 0 radical (unpaired) electrons. The van der Waals surface area contributed by atoms with Gasteiger partial charge in [0.25, 0.3) is 0 Å². The Hall–Kier alpha value is -2.45. The lowest BCUT2D eigenvalue weighted by Gasteiger charge is -2.33. The van der Waals surface area contributed by atoms with Crippen molar-refractivity contribution >= 4 is 28.4 Å². The third-order valence-electron chi connectivity index (χ3n) is 5.01. The molecule has 0 aliphatic carbocycles.